The predicted octanol–water partition coefficient (Wildman–Crippen LogP) is 3.55. The topological polar surface area (TPSA) is 38.7 Å². The summed E-state index contributed by atoms with van der Waals surface area (Å²) >= 11 is 0. The van der Waals surface area contributed by atoms with Gasteiger partial charge in [0, 0.05) is 7.11 Å². The van der Waals surface area contributed by atoms with Crippen molar-refractivity contribution in [2.24, 2.45) is 5.92 Å². The summed E-state index contributed by atoms with van der Waals surface area (Å²) in [5.74, 6) is 0.563. The Labute approximate surface area is 128 Å². The third-order valence-corrected chi connectivity index (χ3v) is 4.43. The van der Waals surface area contributed by atoms with E-state index < -0.39 is 0 Å². The first-order valence-electron chi connectivity index (χ1n) is 8.12. The molecular weight excluding hydrogens is 264 g/mol. The second-order valence-corrected chi connectivity index (χ2v) is 6.08. The van der Waals surface area contributed by atoms with E-state index in [2.05, 4.69) is 24.3 Å². The maximum Gasteiger partial charge on any atom is 0.146 e. The normalized spacial score (nSPS) is 25.0. The molecule has 1 atom stereocenters. The average Bonchev–Trinajstić information content (AvgIpc) is 2.48. The lowest BCUT2D eigenvalue weighted by Gasteiger charge is -2.29. The first-order chi connectivity index (χ1) is 10.3. The second-order valence-electron chi connectivity index (χ2n) is 6.08. The Morgan fingerprint density at radius 3 is 2.38 bits per heavy atom. The summed E-state index contributed by atoms with van der Waals surface area (Å²) in [5, 5.41) is 9.76. The minimum atomic E-state index is -0.0987. The van der Waals surface area contributed by atoms with Crippen molar-refractivity contribution in [3.63, 3.8) is 0 Å². The minimum Gasteiger partial charge on any atom is -0.393 e. The molecule has 21 heavy (non-hydrogen) atoms. The van der Waals surface area contributed by atoms with Gasteiger partial charge in [-0.05, 0) is 43.6 Å². The molecule has 0 saturated heterocycles. The predicted molar refractivity (Wildman–Crippen MR) is 84.1 cm³/mol. The number of methoxy groups -OCH3 is 1. The van der Waals surface area contributed by atoms with Gasteiger partial charge in [0.2, 0.25) is 0 Å². The summed E-state index contributed by atoms with van der Waals surface area (Å²) in [6, 6.07) is 10.5. The van der Waals surface area contributed by atoms with Gasteiger partial charge in [0.25, 0.3) is 0 Å². The molecule has 0 aromatic heterocycles. The molecular formula is C18H28O3. The van der Waals surface area contributed by atoms with Crippen molar-refractivity contribution in [1.29, 1.82) is 0 Å². The Hall–Kier alpha value is -0.900. The van der Waals surface area contributed by atoms with E-state index in [1.807, 2.05) is 6.07 Å². The maximum absolute atomic E-state index is 9.76. The molecule has 0 bridgehead atoms. The van der Waals surface area contributed by atoms with E-state index in [0.29, 0.717) is 12.7 Å². The van der Waals surface area contributed by atoms with Crippen LogP contribution >= 0.6 is 0 Å². The molecule has 3 nitrogen and oxygen atoms in total. The molecule has 0 radical (unpaired) electrons. The fourth-order valence-corrected chi connectivity index (χ4v) is 3.26. The fraction of sp³-hybridized carbons (Fsp3) is 0.667. The Bertz CT molecular complexity index is 369. The van der Waals surface area contributed by atoms with Gasteiger partial charge in [-0.2, -0.15) is 0 Å². The van der Waals surface area contributed by atoms with E-state index in [4.69, 9.17) is 9.47 Å². The molecule has 1 aliphatic carbocycles. The molecule has 1 saturated carbocycles. The summed E-state index contributed by atoms with van der Waals surface area (Å²) in [4.78, 5) is 0. The number of aliphatic hydroxyl groups is 1. The maximum atomic E-state index is 9.76. The standard InChI is InChI=1S/C18H28O3/c1-20-14-21-18(13-15-7-3-2-4-8-15)16-9-5-11-17(19)12-6-10-16/h2-4,7-8,16-19H,5-6,9-14H2,1H3. The van der Waals surface area contributed by atoms with Gasteiger partial charge in [-0.25, -0.2) is 0 Å². The number of benzene rings is 1. The van der Waals surface area contributed by atoms with Crippen LogP contribution in [0.1, 0.15) is 44.1 Å². The van der Waals surface area contributed by atoms with Crippen molar-refractivity contribution in [2.45, 2.75) is 57.2 Å². The van der Waals surface area contributed by atoms with Crippen LogP contribution < -0.4 is 0 Å². The van der Waals surface area contributed by atoms with Gasteiger partial charge in [-0.1, -0.05) is 43.2 Å². The quantitative estimate of drug-likeness (QED) is 0.815. The summed E-state index contributed by atoms with van der Waals surface area (Å²) in [7, 11) is 1.67. The van der Waals surface area contributed by atoms with Crippen molar-refractivity contribution < 1.29 is 14.6 Å². The van der Waals surface area contributed by atoms with Crippen molar-refractivity contribution >= 4 is 0 Å². The number of ether oxygens (including phenoxy) is 2. The highest BCUT2D eigenvalue weighted by Crippen LogP contribution is 2.28. The third kappa shape index (κ3) is 5.77. The Kier molecular flexibility index (Phi) is 7.20. The first kappa shape index (κ1) is 16.5. The minimum absolute atomic E-state index is 0.0987. The van der Waals surface area contributed by atoms with Crippen LogP contribution in [0, 0.1) is 5.92 Å². The van der Waals surface area contributed by atoms with Crippen molar-refractivity contribution in [3.8, 4) is 0 Å². The van der Waals surface area contributed by atoms with Crippen LogP contribution in [0.3, 0.4) is 0 Å². The number of rotatable bonds is 6. The lowest BCUT2D eigenvalue weighted by Crippen LogP contribution is -2.29. The Morgan fingerprint density at radius 1 is 1.10 bits per heavy atom. The van der Waals surface area contributed by atoms with E-state index >= 15 is 0 Å². The summed E-state index contributed by atoms with van der Waals surface area (Å²) < 4.78 is 11.1. The fourth-order valence-electron chi connectivity index (χ4n) is 3.26. The van der Waals surface area contributed by atoms with Gasteiger partial charge in [-0.15, -0.1) is 0 Å². The molecule has 1 unspecified atom stereocenters. The van der Waals surface area contributed by atoms with Crippen molar-refractivity contribution in [1.82, 2.24) is 0 Å². The highest BCUT2D eigenvalue weighted by atomic mass is 16.7. The van der Waals surface area contributed by atoms with Gasteiger partial charge >= 0.3 is 0 Å². The third-order valence-electron chi connectivity index (χ3n) is 4.43. The highest BCUT2D eigenvalue weighted by molar-refractivity contribution is 5.15. The van der Waals surface area contributed by atoms with Gasteiger partial charge in [0.1, 0.15) is 6.79 Å². The molecule has 0 spiro atoms. The molecule has 2 rings (SSSR count). The van der Waals surface area contributed by atoms with E-state index in [-0.39, 0.29) is 12.2 Å². The van der Waals surface area contributed by atoms with Crippen LogP contribution in [0.2, 0.25) is 0 Å². The van der Waals surface area contributed by atoms with Crippen LogP contribution in [0.4, 0.5) is 0 Å². The van der Waals surface area contributed by atoms with Gasteiger partial charge < -0.3 is 14.6 Å². The van der Waals surface area contributed by atoms with Crippen molar-refractivity contribution in [3.05, 3.63) is 35.9 Å². The molecule has 1 aromatic rings. The van der Waals surface area contributed by atoms with Crippen LogP contribution in [-0.4, -0.2) is 31.2 Å². The summed E-state index contributed by atoms with van der Waals surface area (Å²) in [5.41, 5.74) is 1.32. The monoisotopic (exact) mass is 292 g/mol. The van der Waals surface area contributed by atoms with Gasteiger partial charge in [-0.3, -0.25) is 0 Å². The number of hydrogen-bond acceptors (Lipinski definition) is 3. The zero-order chi connectivity index (χ0) is 14.9. The molecule has 0 heterocycles. The molecule has 1 aliphatic rings. The molecule has 1 N–H and O–H groups in total. The molecule has 118 valence electrons. The lowest BCUT2D eigenvalue weighted by atomic mass is 9.84. The van der Waals surface area contributed by atoms with Gasteiger partial charge in [0.05, 0.1) is 12.2 Å². The zero-order valence-electron chi connectivity index (χ0n) is 13.0. The molecule has 1 fully saturated rings. The largest absolute Gasteiger partial charge is 0.393 e. The van der Waals surface area contributed by atoms with E-state index in [1.54, 1.807) is 7.11 Å². The van der Waals surface area contributed by atoms with Crippen LogP contribution in [-0.2, 0) is 15.9 Å². The second kappa shape index (κ2) is 9.19. The number of aliphatic hydroxyl groups excluding tert-OH is 1. The Balaban J connectivity index is 1.96. The molecule has 3 heteroatoms. The van der Waals surface area contributed by atoms with Crippen LogP contribution in [0.5, 0.6) is 0 Å². The lowest BCUT2D eigenvalue weighted by molar-refractivity contribution is -0.0948. The Morgan fingerprint density at radius 2 is 1.76 bits per heavy atom. The molecule has 0 amide bonds. The van der Waals surface area contributed by atoms with Crippen molar-refractivity contribution in [2.75, 3.05) is 13.9 Å². The van der Waals surface area contributed by atoms with E-state index in [9.17, 15) is 5.11 Å². The number of hydrogen-bond donors (Lipinski definition) is 1. The summed E-state index contributed by atoms with van der Waals surface area (Å²) in [6.07, 6.45) is 7.37. The molecule has 0 aliphatic heterocycles. The highest BCUT2D eigenvalue weighted by Gasteiger charge is 2.24. The average molecular weight is 292 g/mol. The molecule has 1 aromatic carbocycles. The van der Waals surface area contributed by atoms with Crippen LogP contribution in [0.15, 0.2) is 30.3 Å². The smallest absolute Gasteiger partial charge is 0.146 e. The van der Waals surface area contributed by atoms with Gasteiger partial charge in [0.15, 0.2) is 0 Å². The zero-order valence-corrected chi connectivity index (χ0v) is 13.0. The first-order valence-corrected chi connectivity index (χ1v) is 8.12. The SMILES string of the molecule is COCOC(Cc1ccccc1)C1CCCC(O)CCC1. The van der Waals surface area contributed by atoms with E-state index in [1.165, 1.54) is 5.56 Å². The van der Waals surface area contributed by atoms with Crippen LogP contribution in [0.25, 0.3) is 0 Å². The summed E-state index contributed by atoms with van der Waals surface area (Å²) in [6.45, 7) is 0.358. The van der Waals surface area contributed by atoms with E-state index in [0.717, 1.165) is 44.9 Å².